The van der Waals surface area contributed by atoms with Gasteiger partial charge in [0.25, 0.3) is 0 Å². The molecule has 1 rings (SSSR count). The Labute approximate surface area is 174 Å². The Morgan fingerprint density at radius 3 is 1.46 bits per heavy atom. The molecule has 1 aromatic carbocycles. The summed E-state index contributed by atoms with van der Waals surface area (Å²) in [5, 5.41) is 0. The highest BCUT2D eigenvalue weighted by atomic mass is 16.1. The number of carbonyl (C=O) groups excluding carboxylic acids is 1. The molecule has 0 aromatic heterocycles. The molecule has 0 spiro atoms. The van der Waals surface area contributed by atoms with Gasteiger partial charge in [-0.3, -0.25) is 4.79 Å². The van der Waals surface area contributed by atoms with Gasteiger partial charge in [0.15, 0.2) is 0 Å². The molecule has 0 aliphatic heterocycles. The van der Waals surface area contributed by atoms with Crippen molar-refractivity contribution in [2.75, 3.05) is 0 Å². The van der Waals surface area contributed by atoms with Crippen LogP contribution in [-0.4, -0.2) is 5.91 Å². The number of nitrogens with two attached hydrogens (primary N) is 1. The molecule has 28 heavy (non-hydrogen) atoms. The Morgan fingerprint density at radius 1 is 0.679 bits per heavy atom. The van der Waals surface area contributed by atoms with Gasteiger partial charge in [0.1, 0.15) is 0 Å². The maximum Gasteiger partial charge on any atom is 0.224 e. The van der Waals surface area contributed by atoms with Crippen LogP contribution >= 0.6 is 0 Å². The molecule has 1 atom stereocenters. The molecule has 0 saturated carbocycles. The quantitative estimate of drug-likeness (QED) is 0.241. The Kier molecular flexibility index (Phi) is 15.7. The fourth-order valence-corrected chi connectivity index (χ4v) is 4.06. The molecule has 0 fully saturated rings. The van der Waals surface area contributed by atoms with Gasteiger partial charge in [-0.05, 0) is 12.0 Å². The highest BCUT2D eigenvalue weighted by Gasteiger charge is 2.16. The number of amides is 1. The molecule has 0 bridgehead atoms. The maximum atomic E-state index is 11.7. The molecular weight excluding hydrogens is 342 g/mol. The van der Waals surface area contributed by atoms with Crippen LogP contribution in [0.1, 0.15) is 128 Å². The van der Waals surface area contributed by atoms with Crippen molar-refractivity contribution < 1.29 is 4.79 Å². The molecule has 1 aromatic rings. The molecule has 2 nitrogen and oxygen atoms in total. The summed E-state index contributed by atoms with van der Waals surface area (Å²) in [4.78, 5) is 11.7. The monoisotopic (exact) mass is 387 g/mol. The second kappa shape index (κ2) is 17.8. The van der Waals surface area contributed by atoms with E-state index in [0.717, 1.165) is 18.4 Å². The van der Waals surface area contributed by atoms with Crippen LogP contribution in [0.2, 0.25) is 0 Å². The SMILES string of the molecule is CCCCCCCCCCCCCCCCCCC(C(N)=O)c1ccccc1. The van der Waals surface area contributed by atoms with Crippen LogP contribution in [0.15, 0.2) is 30.3 Å². The zero-order valence-electron chi connectivity index (χ0n) is 18.5. The van der Waals surface area contributed by atoms with Gasteiger partial charge in [-0.15, -0.1) is 0 Å². The Bertz CT molecular complexity index is 471. The van der Waals surface area contributed by atoms with E-state index in [0.29, 0.717) is 0 Å². The van der Waals surface area contributed by atoms with Crippen molar-refractivity contribution in [2.45, 2.75) is 122 Å². The molecule has 0 saturated heterocycles. The van der Waals surface area contributed by atoms with E-state index in [2.05, 4.69) is 6.92 Å². The second-order valence-corrected chi connectivity index (χ2v) is 8.46. The lowest BCUT2D eigenvalue weighted by Gasteiger charge is -2.13. The number of unbranched alkanes of at least 4 members (excludes halogenated alkanes) is 15. The summed E-state index contributed by atoms with van der Waals surface area (Å²) in [5.41, 5.74) is 6.66. The first-order valence-electron chi connectivity index (χ1n) is 12.1. The van der Waals surface area contributed by atoms with Crippen LogP contribution < -0.4 is 5.73 Å². The van der Waals surface area contributed by atoms with E-state index in [1.54, 1.807) is 0 Å². The van der Waals surface area contributed by atoms with Crippen molar-refractivity contribution in [2.24, 2.45) is 5.73 Å². The van der Waals surface area contributed by atoms with E-state index in [-0.39, 0.29) is 11.8 Å². The summed E-state index contributed by atoms with van der Waals surface area (Å²) in [6.45, 7) is 2.28. The highest BCUT2D eigenvalue weighted by Crippen LogP contribution is 2.22. The predicted molar refractivity (Wildman–Crippen MR) is 123 cm³/mol. The summed E-state index contributed by atoms with van der Waals surface area (Å²) < 4.78 is 0. The minimum Gasteiger partial charge on any atom is -0.369 e. The van der Waals surface area contributed by atoms with Gasteiger partial charge in [0.05, 0.1) is 5.92 Å². The molecule has 2 heteroatoms. The number of primary amides is 1. The summed E-state index contributed by atoms with van der Waals surface area (Å²) >= 11 is 0. The highest BCUT2D eigenvalue weighted by molar-refractivity contribution is 5.81. The molecule has 0 aliphatic carbocycles. The Hall–Kier alpha value is -1.31. The molecule has 0 heterocycles. The van der Waals surface area contributed by atoms with Crippen molar-refractivity contribution in [3.05, 3.63) is 35.9 Å². The van der Waals surface area contributed by atoms with Gasteiger partial charge >= 0.3 is 0 Å². The Morgan fingerprint density at radius 2 is 1.07 bits per heavy atom. The number of hydrogen-bond donors (Lipinski definition) is 1. The van der Waals surface area contributed by atoms with Crippen LogP contribution in [0.4, 0.5) is 0 Å². The van der Waals surface area contributed by atoms with Crippen molar-refractivity contribution >= 4 is 5.91 Å². The fraction of sp³-hybridized carbons (Fsp3) is 0.731. The zero-order valence-corrected chi connectivity index (χ0v) is 18.5. The molecule has 0 aliphatic rings. The van der Waals surface area contributed by atoms with Crippen LogP contribution in [-0.2, 0) is 4.79 Å². The van der Waals surface area contributed by atoms with E-state index >= 15 is 0 Å². The molecule has 1 unspecified atom stereocenters. The van der Waals surface area contributed by atoms with Gasteiger partial charge in [-0.25, -0.2) is 0 Å². The first kappa shape index (κ1) is 24.7. The molecule has 0 radical (unpaired) electrons. The minimum absolute atomic E-state index is 0.118. The van der Waals surface area contributed by atoms with E-state index < -0.39 is 0 Å². The van der Waals surface area contributed by atoms with E-state index in [9.17, 15) is 4.79 Å². The van der Waals surface area contributed by atoms with Gasteiger partial charge in [0.2, 0.25) is 5.91 Å². The minimum atomic E-state index is -0.188. The number of hydrogen-bond acceptors (Lipinski definition) is 1. The number of carbonyl (C=O) groups is 1. The van der Waals surface area contributed by atoms with Crippen molar-refractivity contribution in [3.8, 4) is 0 Å². The maximum absolute atomic E-state index is 11.7. The van der Waals surface area contributed by atoms with Crippen LogP contribution in [0.5, 0.6) is 0 Å². The van der Waals surface area contributed by atoms with Crippen molar-refractivity contribution in [1.82, 2.24) is 0 Å². The third-order valence-electron chi connectivity index (χ3n) is 5.89. The zero-order chi connectivity index (χ0) is 20.3. The first-order valence-corrected chi connectivity index (χ1v) is 12.1. The lowest BCUT2D eigenvalue weighted by molar-refractivity contribution is -0.119. The van der Waals surface area contributed by atoms with Crippen molar-refractivity contribution in [1.29, 1.82) is 0 Å². The lowest BCUT2D eigenvalue weighted by atomic mass is 9.92. The van der Waals surface area contributed by atoms with Gasteiger partial charge in [-0.1, -0.05) is 140 Å². The second-order valence-electron chi connectivity index (χ2n) is 8.46. The molecule has 1 amide bonds. The summed E-state index contributed by atoms with van der Waals surface area (Å²) in [6, 6.07) is 9.98. The van der Waals surface area contributed by atoms with Crippen LogP contribution in [0, 0.1) is 0 Å². The Balaban J connectivity index is 1.88. The summed E-state index contributed by atoms with van der Waals surface area (Å²) in [6.07, 6.45) is 22.8. The third-order valence-corrected chi connectivity index (χ3v) is 5.89. The summed E-state index contributed by atoms with van der Waals surface area (Å²) in [7, 11) is 0. The molecule has 160 valence electrons. The third kappa shape index (κ3) is 13.0. The lowest BCUT2D eigenvalue weighted by Crippen LogP contribution is -2.21. The fourth-order valence-electron chi connectivity index (χ4n) is 4.06. The number of rotatable bonds is 19. The topological polar surface area (TPSA) is 43.1 Å². The van der Waals surface area contributed by atoms with E-state index in [4.69, 9.17) is 5.73 Å². The van der Waals surface area contributed by atoms with Crippen LogP contribution in [0.3, 0.4) is 0 Å². The summed E-state index contributed by atoms with van der Waals surface area (Å²) in [5.74, 6) is -0.306. The average Bonchev–Trinajstić information content (AvgIpc) is 2.70. The standard InChI is InChI=1S/C26H45NO/c1-2-3-4-5-6-7-8-9-10-11-12-13-14-15-16-20-23-25(26(27)28)24-21-18-17-19-22-24/h17-19,21-22,25H,2-16,20,23H2,1H3,(H2,27,28). The van der Waals surface area contributed by atoms with E-state index in [1.165, 1.54) is 96.3 Å². The normalized spacial score (nSPS) is 12.2. The van der Waals surface area contributed by atoms with Gasteiger partial charge < -0.3 is 5.73 Å². The number of benzene rings is 1. The van der Waals surface area contributed by atoms with Gasteiger partial charge in [0, 0.05) is 0 Å². The molecular formula is C26H45NO. The average molecular weight is 388 g/mol. The van der Waals surface area contributed by atoms with Crippen LogP contribution in [0.25, 0.3) is 0 Å². The van der Waals surface area contributed by atoms with Gasteiger partial charge in [-0.2, -0.15) is 0 Å². The van der Waals surface area contributed by atoms with Crippen molar-refractivity contribution in [3.63, 3.8) is 0 Å². The van der Waals surface area contributed by atoms with E-state index in [1.807, 2.05) is 30.3 Å². The first-order chi connectivity index (χ1) is 13.8. The molecule has 2 N–H and O–H groups in total. The largest absolute Gasteiger partial charge is 0.369 e. The smallest absolute Gasteiger partial charge is 0.224 e. The predicted octanol–water partition coefficient (Wildman–Crippen LogP) is 7.91.